The van der Waals surface area contributed by atoms with Crippen molar-refractivity contribution in [3.8, 4) is 62.6 Å². The van der Waals surface area contributed by atoms with Gasteiger partial charge in [0.25, 0.3) is 0 Å². The second kappa shape index (κ2) is 22.8. The van der Waals surface area contributed by atoms with Gasteiger partial charge in [-0.15, -0.1) is 6.05 Å². The molecule has 0 aliphatic heterocycles. The van der Waals surface area contributed by atoms with Crippen molar-refractivity contribution < 1.29 is 0 Å². The second-order valence-electron chi connectivity index (χ2n) is 20.9. The molecule has 11 heteroatoms. The Morgan fingerprint density at radius 3 is 0.791 bits per heavy atom. The van der Waals surface area contributed by atoms with E-state index in [1.54, 1.807) is 0 Å². The van der Waals surface area contributed by atoms with Crippen molar-refractivity contribution in [2.24, 2.45) is 0 Å². The topological polar surface area (TPSA) is 63.3 Å². The molecule has 5 heterocycles. The van der Waals surface area contributed by atoms with Gasteiger partial charge in [0, 0.05) is 66.7 Å². The molecule has 5 aromatic heterocycles. The van der Waals surface area contributed by atoms with Gasteiger partial charge < -0.3 is 9.13 Å². The zero-order chi connectivity index (χ0) is 58.4. The molecule has 8 nitrogen and oxygen atoms in total. The van der Waals surface area contributed by atoms with Crippen LogP contribution in [-0.4, -0.2) is 46.6 Å². The van der Waals surface area contributed by atoms with E-state index in [0.717, 1.165) is 84.3 Å². The minimum Gasteiger partial charge on any atom is -0.309 e. The minimum absolute atomic E-state index is 0.843. The van der Waals surface area contributed by atoms with Crippen LogP contribution in [0.15, 0.2) is 303 Å². The molecule has 0 fully saturated rings. The number of hydrogen-bond acceptors (Lipinski definition) is 3. The summed E-state index contributed by atoms with van der Waals surface area (Å²) in [4.78, 5) is 15.9. The maximum absolute atomic E-state index is 6.41. The van der Waals surface area contributed by atoms with Crippen LogP contribution in [0.4, 0.5) is 0 Å². The van der Waals surface area contributed by atoms with E-state index in [4.69, 9.17) is 23.8 Å². The molecule has 0 saturated carbocycles. The summed E-state index contributed by atoms with van der Waals surface area (Å²) >= 11 is 1.85. The monoisotopic (exact) mass is 1230 g/mol. The Kier molecular flexibility index (Phi) is 13.7. The summed E-state index contributed by atoms with van der Waals surface area (Å²) in [6.07, 6.45) is 0. The summed E-state index contributed by atoms with van der Waals surface area (Å²) in [5.41, 5.74) is 19.2. The fourth-order valence-corrected chi connectivity index (χ4v) is 12.4. The third-order valence-electron chi connectivity index (χ3n) is 15.9. The first kappa shape index (κ1) is 51.5. The lowest BCUT2D eigenvalue weighted by Crippen LogP contribution is -2.02. The second-order valence-corrected chi connectivity index (χ2v) is 22.8. The van der Waals surface area contributed by atoms with E-state index in [0.29, 0.717) is 0 Å². The normalized spacial score (nSPS) is 11.9. The van der Waals surface area contributed by atoms with Crippen molar-refractivity contribution in [1.29, 1.82) is 1.28 Å². The van der Waals surface area contributed by atoms with Crippen LogP contribution in [-0.2, 0) is 0 Å². The first-order valence-electron chi connectivity index (χ1n) is 28.9. The van der Waals surface area contributed by atoms with Crippen molar-refractivity contribution in [1.82, 2.24) is 37.8 Å². The zero-order valence-corrected chi connectivity index (χ0v) is 49.4. The fraction of sp³-hybridized carbons (Fsp3) is 0. The van der Waals surface area contributed by atoms with Crippen molar-refractivity contribution >= 4 is 112 Å². The average Bonchev–Trinajstić information content (AvgIpc) is 2.36. The maximum atomic E-state index is 6.41. The Morgan fingerprint density at radius 1 is 0.267 bits per heavy atom. The molecular formula is C75H51BIN8P. The number of imidazole rings is 3. The van der Waals surface area contributed by atoms with Crippen LogP contribution in [0.5, 0.6) is 0 Å². The number of halogens is 1. The smallest absolute Gasteiger partial charge is 0.145 e. The van der Waals surface area contributed by atoms with Crippen molar-refractivity contribution in [3.63, 3.8) is 0 Å². The average molecular weight is 1230 g/mol. The van der Waals surface area contributed by atoms with Crippen LogP contribution < -0.4 is 0 Å². The molecule has 2 radical (unpaired) electrons. The van der Waals surface area contributed by atoms with Crippen LogP contribution in [0.2, 0.25) is 0 Å². The minimum atomic E-state index is -0.900. The van der Waals surface area contributed by atoms with Gasteiger partial charge in [0.1, 0.15) is 25.0 Å². The quantitative estimate of drug-likeness (QED) is 0.0865. The molecule has 12 aromatic carbocycles. The van der Waals surface area contributed by atoms with Gasteiger partial charge in [-0.3, -0.25) is 13.7 Å². The largest absolute Gasteiger partial charge is 0.309 e. The molecule has 1 atom stereocenters. The van der Waals surface area contributed by atoms with E-state index in [1.807, 2.05) is 58.4 Å². The number of nitrogens with zero attached hydrogens (tertiary/aromatic N) is 8. The number of hydrogen-bond donors (Lipinski definition) is 0. The molecule has 17 rings (SSSR count). The molecule has 86 heavy (non-hydrogen) atoms. The van der Waals surface area contributed by atoms with Gasteiger partial charge in [0.2, 0.25) is 0 Å². The van der Waals surface area contributed by atoms with E-state index in [1.165, 1.54) is 55.0 Å². The molecular weight excluding hydrogens is 1180 g/mol. The third-order valence-corrected chi connectivity index (χ3v) is 15.9. The molecule has 0 saturated heterocycles. The summed E-state index contributed by atoms with van der Waals surface area (Å²) in [7, 11) is 4.83. The van der Waals surface area contributed by atoms with Gasteiger partial charge in [-0.2, -0.15) is 0 Å². The predicted molar refractivity (Wildman–Crippen MR) is 370 cm³/mol. The number of fused-ring (bicyclic) bond motifs is 9. The SMILES string of the molecule is [3H]P([B])I.c1cc(-n2c3ccccc3c3ccccc32)cc(-n2c3ccccc3c3ccccc32)c1.c1ccc(-n2c(-c3cc(-c4nc5ccccc5n4-c4ccccc4)cc(-c4nc5ccccc5n4-c4ccccc4)c3)nc3ccccc32)cc1. The lowest BCUT2D eigenvalue weighted by Gasteiger charge is -2.15. The van der Waals surface area contributed by atoms with Gasteiger partial charge in [-0.1, -0.05) is 192 Å². The van der Waals surface area contributed by atoms with Gasteiger partial charge in [-0.05, 0) is 133 Å². The lowest BCUT2D eigenvalue weighted by molar-refractivity contribution is 1.09. The van der Waals surface area contributed by atoms with Crippen molar-refractivity contribution in [2.75, 3.05) is 0 Å². The highest BCUT2D eigenvalue weighted by Gasteiger charge is 2.23. The van der Waals surface area contributed by atoms with E-state index >= 15 is 0 Å². The summed E-state index contributed by atoms with van der Waals surface area (Å²) in [5.74, 6) is 2.53. The van der Waals surface area contributed by atoms with E-state index in [2.05, 4.69) is 290 Å². The number of para-hydroxylation sites is 13. The van der Waals surface area contributed by atoms with Crippen LogP contribution >= 0.6 is 28.1 Å². The van der Waals surface area contributed by atoms with Gasteiger partial charge in [-0.25, -0.2) is 15.0 Å². The Balaban J connectivity index is 0.000000151. The molecule has 0 N–H and O–H groups in total. The van der Waals surface area contributed by atoms with Gasteiger partial charge in [0.05, 0.1) is 56.4 Å². The summed E-state index contributed by atoms with van der Waals surface area (Å²) in [6.45, 7) is 0. The van der Waals surface area contributed by atoms with Crippen LogP contribution in [0.1, 0.15) is 0 Å². The standard InChI is InChI=1S/C45H30N6.C30H20N2.BHIP/c1-4-16-34(17-5-1)49-40-25-13-10-22-37(40)46-43(49)31-28-32(44-47-38-23-11-14-26-41(38)50(44)35-18-6-2-7-19-35)30-33(29-31)45-48-39-24-12-15-27-42(39)51(45)36-20-8-3-9-21-36;1-5-16-27-23(12-1)24-13-2-6-17-28(24)31(27)21-10-9-11-22(20-21)32-29-18-7-3-14-25(29)26-15-4-8-19-30(26)32;1-3-2/h1-30H;1-20H;3H/i;;3T. The highest BCUT2D eigenvalue weighted by molar-refractivity contribution is 14.2. The molecule has 0 bridgehead atoms. The Labute approximate surface area is 513 Å². The van der Waals surface area contributed by atoms with Gasteiger partial charge >= 0.3 is 0 Å². The molecule has 17 aromatic rings. The van der Waals surface area contributed by atoms with Gasteiger partial charge in [0.15, 0.2) is 0 Å². The summed E-state index contributed by atoms with van der Waals surface area (Å²) < 4.78 is 17.9. The van der Waals surface area contributed by atoms with Crippen LogP contribution in [0.25, 0.3) is 139 Å². The van der Waals surface area contributed by atoms with E-state index in [9.17, 15) is 0 Å². The highest BCUT2D eigenvalue weighted by atomic mass is 127. The van der Waals surface area contributed by atoms with E-state index in [-0.39, 0.29) is 0 Å². The molecule has 0 amide bonds. The van der Waals surface area contributed by atoms with Crippen LogP contribution in [0, 0.1) is 0 Å². The Hall–Kier alpha value is -10.1. The zero-order valence-electron chi connectivity index (χ0n) is 47.3. The fourth-order valence-electron chi connectivity index (χ4n) is 12.4. The molecule has 0 spiro atoms. The first-order valence-corrected chi connectivity index (χ1v) is 32.2. The maximum Gasteiger partial charge on any atom is 0.145 e. The summed E-state index contributed by atoms with van der Waals surface area (Å²) in [6, 6.07) is 106. The van der Waals surface area contributed by atoms with Crippen molar-refractivity contribution in [3.05, 3.63) is 303 Å². The molecule has 406 valence electrons. The molecule has 1 unspecified atom stereocenters. The lowest BCUT2D eigenvalue weighted by atomic mass is 10.0. The molecule has 0 aliphatic rings. The highest BCUT2D eigenvalue weighted by Crippen LogP contribution is 2.40. The predicted octanol–water partition coefficient (Wildman–Crippen LogP) is 19.7. The number of rotatable bonds is 8. The van der Waals surface area contributed by atoms with Crippen LogP contribution in [0.3, 0.4) is 0 Å². The van der Waals surface area contributed by atoms with E-state index < -0.39 is 6.05 Å². The number of aromatic nitrogens is 8. The molecule has 0 aliphatic carbocycles. The Morgan fingerprint density at radius 2 is 0.500 bits per heavy atom. The third kappa shape index (κ3) is 9.35. The first-order chi connectivity index (χ1) is 42.9. The number of benzene rings is 12. The van der Waals surface area contributed by atoms with Crippen molar-refractivity contribution in [2.45, 2.75) is 0 Å². The summed E-state index contributed by atoms with van der Waals surface area (Å²) in [5, 5.41) is 5.13. The Bertz CT molecular complexity index is 4800.